The van der Waals surface area contributed by atoms with Gasteiger partial charge in [-0.25, -0.2) is 22.1 Å². The van der Waals surface area contributed by atoms with Crippen LogP contribution in [0.15, 0.2) is 34.9 Å². The Kier molecular flexibility index (Phi) is 4.50. The molecule has 1 aromatic heterocycles. The van der Waals surface area contributed by atoms with E-state index in [0.717, 1.165) is 12.8 Å². The molecular formula is C16H19FN2O3S. The largest absolute Gasteiger partial charge is 0.445 e. The van der Waals surface area contributed by atoms with E-state index < -0.39 is 10.0 Å². The van der Waals surface area contributed by atoms with Crippen molar-refractivity contribution in [3.8, 4) is 0 Å². The second-order valence-corrected chi connectivity index (χ2v) is 7.88. The summed E-state index contributed by atoms with van der Waals surface area (Å²) < 4.78 is 44.2. The highest BCUT2D eigenvalue weighted by Gasteiger charge is 2.29. The van der Waals surface area contributed by atoms with Crippen molar-refractivity contribution in [2.75, 3.05) is 19.3 Å². The van der Waals surface area contributed by atoms with Crippen molar-refractivity contribution >= 4 is 10.0 Å². The van der Waals surface area contributed by atoms with Gasteiger partial charge in [0.15, 0.2) is 5.89 Å². The molecule has 1 saturated heterocycles. The Morgan fingerprint density at radius 1 is 1.39 bits per heavy atom. The summed E-state index contributed by atoms with van der Waals surface area (Å²) in [6, 6.07) is 6.55. The maximum absolute atomic E-state index is 13.7. The number of hydrogen-bond donors (Lipinski definition) is 0. The van der Waals surface area contributed by atoms with Crippen molar-refractivity contribution in [2.24, 2.45) is 0 Å². The Hall–Kier alpha value is -1.73. The molecular weight excluding hydrogens is 319 g/mol. The molecule has 0 spiro atoms. The molecule has 1 atom stereocenters. The molecule has 2 heterocycles. The second-order valence-electron chi connectivity index (χ2n) is 5.89. The molecule has 1 fully saturated rings. The smallest absolute Gasteiger partial charge is 0.211 e. The number of hydrogen-bond acceptors (Lipinski definition) is 4. The fourth-order valence-electron chi connectivity index (χ4n) is 2.87. The van der Waals surface area contributed by atoms with E-state index in [4.69, 9.17) is 4.42 Å². The molecule has 0 amide bonds. The van der Waals surface area contributed by atoms with Gasteiger partial charge in [0.2, 0.25) is 10.0 Å². The van der Waals surface area contributed by atoms with Gasteiger partial charge in [0.05, 0.1) is 12.5 Å². The second kappa shape index (κ2) is 6.41. The highest BCUT2D eigenvalue weighted by atomic mass is 32.2. The first kappa shape index (κ1) is 16.1. The van der Waals surface area contributed by atoms with Gasteiger partial charge >= 0.3 is 0 Å². The van der Waals surface area contributed by atoms with Gasteiger partial charge in [-0.15, -0.1) is 0 Å². The number of halogens is 1. The minimum Gasteiger partial charge on any atom is -0.445 e. The van der Waals surface area contributed by atoms with Gasteiger partial charge in [-0.05, 0) is 24.5 Å². The zero-order valence-electron chi connectivity index (χ0n) is 12.9. The topological polar surface area (TPSA) is 63.4 Å². The van der Waals surface area contributed by atoms with Crippen LogP contribution in [0.3, 0.4) is 0 Å². The van der Waals surface area contributed by atoms with Gasteiger partial charge in [0.25, 0.3) is 0 Å². The molecule has 3 rings (SSSR count). The third kappa shape index (κ3) is 3.79. The average Bonchev–Trinajstić information content (AvgIpc) is 2.98. The lowest BCUT2D eigenvalue weighted by Gasteiger charge is -2.29. The van der Waals surface area contributed by atoms with E-state index in [-0.39, 0.29) is 11.7 Å². The maximum atomic E-state index is 13.7. The number of nitrogens with zero attached hydrogens (tertiary/aromatic N) is 2. The molecule has 1 aromatic carbocycles. The summed E-state index contributed by atoms with van der Waals surface area (Å²) in [5.41, 5.74) is 0.552. The molecule has 2 aromatic rings. The van der Waals surface area contributed by atoms with Gasteiger partial charge in [-0.1, -0.05) is 18.2 Å². The van der Waals surface area contributed by atoms with Crippen LogP contribution in [0, 0.1) is 5.82 Å². The van der Waals surface area contributed by atoms with E-state index in [9.17, 15) is 12.8 Å². The molecule has 5 nitrogen and oxygen atoms in total. The molecule has 0 saturated carbocycles. The fraction of sp³-hybridized carbons (Fsp3) is 0.438. The molecule has 0 N–H and O–H groups in total. The van der Waals surface area contributed by atoms with E-state index in [2.05, 4.69) is 4.98 Å². The van der Waals surface area contributed by atoms with Crippen molar-refractivity contribution in [3.05, 3.63) is 53.5 Å². The van der Waals surface area contributed by atoms with Gasteiger partial charge in [0.1, 0.15) is 11.6 Å². The highest BCUT2D eigenvalue weighted by Crippen LogP contribution is 2.28. The lowest BCUT2D eigenvalue weighted by molar-refractivity contribution is 0.283. The van der Waals surface area contributed by atoms with Gasteiger partial charge in [-0.2, -0.15) is 0 Å². The van der Waals surface area contributed by atoms with E-state index in [1.807, 2.05) is 0 Å². The lowest BCUT2D eigenvalue weighted by atomic mass is 10.00. The standard InChI is InChI=1S/C16H19FN2O3S/c1-23(20,21)19-8-4-6-13(11-19)16-18-10-14(22-16)9-12-5-2-3-7-15(12)17/h2-3,5,7,10,13H,4,6,8-9,11H2,1H3/t13-/m1/s1. The van der Waals surface area contributed by atoms with Crippen LogP contribution in [0.25, 0.3) is 0 Å². The number of benzene rings is 1. The Balaban J connectivity index is 1.73. The predicted octanol–water partition coefficient (Wildman–Crippen LogP) is 2.54. The number of aromatic nitrogens is 1. The summed E-state index contributed by atoms with van der Waals surface area (Å²) >= 11 is 0. The van der Waals surface area contributed by atoms with Gasteiger partial charge in [0, 0.05) is 25.4 Å². The molecule has 0 aliphatic carbocycles. The molecule has 23 heavy (non-hydrogen) atoms. The van der Waals surface area contributed by atoms with E-state index in [1.165, 1.54) is 16.6 Å². The van der Waals surface area contributed by atoms with Crippen LogP contribution in [0.1, 0.15) is 36.0 Å². The van der Waals surface area contributed by atoms with Crippen LogP contribution in [0.5, 0.6) is 0 Å². The monoisotopic (exact) mass is 338 g/mol. The summed E-state index contributed by atoms with van der Waals surface area (Å²) in [6.45, 7) is 0.927. The predicted molar refractivity (Wildman–Crippen MR) is 84.1 cm³/mol. The summed E-state index contributed by atoms with van der Waals surface area (Å²) in [6.07, 6.45) is 4.77. The Labute approximate surface area is 135 Å². The molecule has 1 aliphatic rings. The zero-order valence-corrected chi connectivity index (χ0v) is 13.7. The molecule has 1 aliphatic heterocycles. The van der Waals surface area contributed by atoms with Crippen LogP contribution in [0.2, 0.25) is 0 Å². The summed E-state index contributed by atoms with van der Waals surface area (Å²) in [4.78, 5) is 4.27. The number of rotatable bonds is 4. The fourth-order valence-corrected chi connectivity index (χ4v) is 3.78. The maximum Gasteiger partial charge on any atom is 0.211 e. The molecule has 0 unspecified atom stereocenters. The minimum absolute atomic E-state index is 0.0483. The molecule has 7 heteroatoms. The Morgan fingerprint density at radius 2 is 2.17 bits per heavy atom. The first-order chi connectivity index (χ1) is 10.9. The summed E-state index contributed by atoms with van der Waals surface area (Å²) in [5.74, 6) is 0.797. The molecule has 124 valence electrons. The third-order valence-corrected chi connectivity index (χ3v) is 5.37. The minimum atomic E-state index is -3.20. The van der Waals surface area contributed by atoms with Gasteiger partial charge in [-0.3, -0.25) is 0 Å². The van der Waals surface area contributed by atoms with Crippen molar-refractivity contribution < 1.29 is 17.2 Å². The van der Waals surface area contributed by atoms with E-state index in [1.54, 1.807) is 24.4 Å². The van der Waals surface area contributed by atoms with Crippen LogP contribution in [0.4, 0.5) is 4.39 Å². The van der Waals surface area contributed by atoms with Crippen molar-refractivity contribution in [1.29, 1.82) is 0 Å². The van der Waals surface area contributed by atoms with Crippen molar-refractivity contribution in [2.45, 2.75) is 25.2 Å². The SMILES string of the molecule is CS(=O)(=O)N1CCC[C@@H](c2ncc(Cc3ccccc3F)o2)C1. The highest BCUT2D eigenvalue weighted by molar-refractivity contribution is 7.88. The van der Waals surface area contributed by atoms with Crippen LogP contribution in [-0.2, 0) is 16.4 Å². The van der Waals surface area contributed by atoms with E-state index in [0.29, 0.717) is 36.7 Å². The number of oxazole rings is 1. The average molecular weight is 338 g/mol. The molecule has 0 radical (unpaired) electrons. The third-order valence-electron chi connectivity index (χ3n) is 4.10. The first-order valence-electron chi connectivity index (χ1n) is 7.56. The van der Waals surface area contributed by atoms with Crippen LogP contribution < -0.4 is 0 Å². The Morgan fingerprint density at radius 3 is 2.91 bits per heavy atom. The van der Waals surface area contributed by atoms with Crippen LogP contribution >= 0.6 is 0 Å². The summed E-state index contributed by atoms with van der Waals surface area (Å²) in [5, 5.41) is 0. The van der Waals surface area contributed by atoms with Gasteiger partial charge < -0.3 is 4.42 Å². The first-order valence-corrected chi connectivity index (χ1v) is 9.41. The normalized spacial score (nSPS) is 19.8. The Bertz CT molecular complexity index is 788. The quantitative estimate of drug-likeness (QED) is 0.859. The lowest BCUT2D eigenvalue weighted by Crippen LogP contribution is -2.38. The van der Waals surface area contributed by atoms with E-state index >= 15 is 0 Å². The van der Waals surface area contributed by atoms with Crippen molar-refractivity contribution in [1.82, 2.24) is 9.29 Å². The van der Waals surface area contributed by atoms with Crippen molar-refractivity contribution in [3.63, 3.8) is 0 Å². The zero-order chi connectivity index (χ0) is 16.4. The molecule has 0 bridgehead atoms. The summed E-state index contributed by atoms with van der Waals surface area (Å²) in [7, 11) is -3.20. The number of sulfonamides is 1. The van der Waals surface area contributed by atoms with Crippen LogP contribution in [-0.4, -0.2) is 37.1 Å². The number of piperidine rings is 1.